The summed E-state index contributed by atoms with van der Waals surface area (Å²) in [5, 5.41) is 12.1. The van der Waals surface area contributed by atoms with Gasteiger partial charge in [0.2, 0.25) is 5.91 Å². The molecule has 5 nitrogen and oxygen atoms in total. The van der Waals surface area contributed by atoms with E-state index >= 15 is 0 Å². The molecule has 1 aromatic rings. The summed E-state index contributed by atoms with van der Waals surface area (Å²) in [6.07, 6.45) is 0. The fraction of sp³-hybridized carbons (Fsp3) is 0.467. The Labute approximate surface area is 118 Å². The minimum atomic E-state index is -0.0354. The van der Waals surface area contributed by atoms with Gasteiger partial charge in [-0.15, -0.1) is 0 Å². The van der Waals surface area contributed by atoms with Gasteiger partial charge in [-0.2, -0.15) is 5.26 Å². The minimum absolute atomic E-state index is 0.0354. The highest BCUT2D eigenvalue weighted by molar-refractivity contribution is 5.82. The number of benzene rings is 1. The Kier molecular flexibility index (Phi) is 3.68. The quantitative estimate of drug-likeness (QED) is 0.832. The van der Waals surface area contributed by atoms with Crippen molar-refractivity contribution < 1.29 is 4.79 Å². The van der Waals surface area contributed by atoms with Gasteiger partial charge in [-0.3, -0.25) is 14.6 Å². The van der Waals surface area contributed by atoms with E-state index in [1.54, 1.807) is 0 Å². The first-order valence-electron chi connectivity index (χ1n) is 7.00. The molecule has 0 aliphatic carbocycles. The van der Waals surface area contributed by atoms with E-state index in [2.05, 4.69) is 21.2 Å². The van der Waals surface area contributed by atoms with Crippen LogP contribution >= 0.6 is 0 Å². The molecular formula is C15H18N4O. The standard InChI is InChI=1S/C15H18N4O/c16-9-12-3-1-2-4-13(12)10-18-7-8-19-6-5-17-15(20)14(19)11-18/h1-4,14H,5-8,10-11H2,(H,17,20)/t14-/m1/s1. The zero-order chi connectivity index (χ0) is 13.9. The van der Waals surface area contributed by atoms with Crippen molar-refractivity contribution in [3.63, 3.8) is 0 Å². The van der Waals surface area contributed by atoms with E-state index in [1.807, 2.05) is 24.3 Å². The number of hydrogen-bond acceptors (Lipinski definition) is 4. The molecule has 0 bridgehead atoms. The van der Waals surface area contributed by atoms with Crippen LogP contribution in [0.1, 0.15) is 11.1 Å². The van der Waals surface area contributed by atoms with Crippen LogP contribution in [0.4, 0.5) is 0 Å². The largest absolute Gasteiger partial charge is 0.353 e. The van der Waals surface area contributed by atoms with Crippen molar-refractivity contribution in [3.8, 4) is 6.07 Å². The van der Waals surface area contributed by atoms with Gasteiger partial charge >= 0.3 is 0 Å². The van der Waals surface area contributed by atoms with Crippen molar-refractivity contribution in [2.45, 2.75) is 12.6 Å². The summed E-state index contributed by atoms with van der Waals surface area (Å²) in [6.45, 7) is 5.05. The topological polar surface area (TPSA) is 59.4 Å². The Morgan fingerprint density at radius 3 is 3.00 bits per heavy atom. The van der Waals surface area contributed by atoms with Crippen LogP contribution in [0.15, 0.2) is 24.3 Å². The molecule has 1 aromatic carbocycles. The number of carbonyl (C=O) groups is 1. The summed E-state index contributed by atoms with van der Waals surface area (Å²) in [5.41, 5.74) is 1.77. The molecule has 0 aromatic heterocycles. The van der Waals surface area contributed by atoms with Gasteiger partial charge in [0, 0.05) is 39.3 Å². The highest BCUT2D eigenvalue weighted by Crippen LogP contribution is 2.16. The van der Waals surface area contributed by atoms with E-state index in [-0.39, 0.29) is 11.9 Å². The summed E-state index contributed by atoms with van der Waals surface area (Å²) in [7, 11) is 0. The highest BCUT2D eigenvalue weighted by Gasteiger charge is 2.34. The predicted molar refractivity (Wildman–Crippen MR) is 74.8 cm³/mol. The molecular weight excluding hydrogens is 252 g/mol. The van der Waals surface area contributed by atoms with E-state index in [4.69, 9.17) is 5.26 Å². The molecule has 5 heteroatoms. The van der Waals surface area contributed by atoms with Crippen LogP contribution in [0, 0.1) is 11.3 Å². The number of carbonyl (C=O) groups excluding carboxylic acids is 1. The fourth-order valence-corrected chi connectivity index (χ4v) is 2.99. The first-order valence-corrected chi connectivity index (χ1v) is 7.00. The summed E-state index contributed by atoms with van der Waals surface area (Å²) >= 11 is 0. The van der Waals surface area contributed by atoms with Gasteiger partial charge in [0.15, 0.2) is 0 Å². The number of rotatable bonds is 2. The van der Waals surface area contributed by atoms with E-state index in [0.717, 1.165) is 50.4 Å². The number of nitriles is 1. The average Bonchev–Trinajstić information content (AvgIpc) is 2.49. The smallest absolute Gasteiger partial charge is 0.238 e. The molecule has 20 heavy (non-hydrogen) atoms. The first-order chi connectivity index (χ1) is 9.78. The van der Waals surface area contributed by atoms with Crippen LogP contribution in [-0.4, -0.2) is 54.5 Å². The second-order valence-electron chi connectivity index (χ2n) is 5.35. The van der Waals surface area contributed by atoms with Crippen molar-refractivity contribution in [1.82, 2.24) is 15.1 Å². The molecule has 0 radical (unpaired) electrons. The molecule has 0 spiro atoms. The van der Waals surface area contributed by atoms with Crippen molar-refractivity contribution in [2.24, 2.45) is 0 Å². The molecule has 2 fully saturated rings. The maximum absolute atomic E-state index is 11.9. The second kappa shape index (κ2) is 5.61. The summed E-state index contributed by atoms with van der Waals surface area (Å²) in [4.78, 5) is 16.4. The Morgan fingerprint density at radius 2 is 2.15 bits per heavy atom. The predicted octanol–water partition coefficient (Wildman–Crippen LogP) is 0.174. The molecule has 3 rings (SSSR count). The van der Waals surface area contributed by atoms with Gasteiger partial charge in [-0.1, -0.05) is 18.2 Å². The van der Waals surface area contributed by atoms with Crippen LogP contribution in [-0.2, 0) is 11.3 Å². The van der Waals surface area contributed by atoms with Gasteiger partial charge in [0.1, 0.15) is 6.04 Å². The molecule has 1 amide bonds. The van der Waals surface area contributed by atoms with Crippen LogP contribution in [0.2, 0.25) is 0 Å². The molecule has 2 saturated heterocycles. The minimum Gasteiger partial charge on any atom is -0.353 e. The Hall–Kier alpha value is -1.90. The number of nitrogens with zero attached hydrogens (tertiary/aromatic N) is 3. The number of hydrogen-bond donors (Lipinski definition) is 1. The van der Waals surface area contributed by atoms with Crippen LogP contribution in [0.25, 0.3) is 0 Å². The van der Waals surface area contributed by atoms with E-state index in [9.17, 15) is 4.79 Å². The third-order valence-electron chi connectivity index (χ3n) is 4.11. The van der Waals surface area contributed by atoms with Gasteiger partial charge in [0.05, 0.1) is 11.6 Å². The lowest BCUT2D eigenvalue weighted by molar-refractivity contribution is -0.131. The lowest BCUT2D eigenvalue weighted by atomic mass is 10.1. The maximum Gasteiger partial charge on any atom is 0.238 e. The van der Waals surface area contributed by atoms with Crippen LogP contribution < -0.4 is 5.32 Å². The van der Waals surface area contributed by atoms with Crippen molar-refractivity contribution in [2.75, 3.05) is 32.7 Å². The lowest BCUT2D eigenvalue weighted by Gasteiger charge is -2.43. The van der Waals surface area contributed by atoms with E-state index in [1.165, 1.54) is 0 Å². The molecule has 0 saturated carbocycles. The average molecular weight is 270 g/mol. The van der Waals surface area contributed by atoms with E-state index in [0.29, 0.717) is 0 Å². The van der Waals surface area contributed by atoms with Crippen LogP contribution in [0.3, 0.4) is 0 Å². The summed E-state index contributed by atoms with van der Waals surface area (Å²) < 4.78 is 0. The molecule has 2 aliphatic rings. The Bertz CT molecular complexity index is 551. The van der Waals surface area contributed by atoms with Crippen molar-refractivity contribution in [1.29, 1.82) is 5.26 Å². The second-order valence-corrected chi connectivity index (χ2v) is 5.35. The van der Waals surface area contributed by atoms with Crippen LogP contribution in [0.5, 0.6) is 0 Å². The van der Waals surface area contributed by atoms with Gasteiger partial charge in [-0.25, -0.2) is 0 Å². The fourth-order valence-electron chi connectivity index (χ4n) is 2.99. The third-order valence-corrected chi connectivity index (χ3v) is 4.11. The van der Waals surface area contributed by atoms with Gasteiger partial charge in [0.25, 0.3) is 0 Å². The van der Waals surface area contributed by atoms with Crippen molar-refractivity contribution >= 4 is 5.91 Å². The number of fused-ring (bicyclic) bond motifs is 1. The zero-order valence-electron chi connectivity index (χ0n) is 11.4. The molecule has 2 aliphatic heterocycles. The molecule has 104 valence electrons. The van der Waals surface area contributed by atoms with Gasteiger partial charge in [-0.05, 0) is 11.6 Å². The van der Waals surface area contributed by atoms with Gasteiger partial charge < -0.3 is 5.32 Å². The molecule has 1 N–H and O–H groups in total. The van der Waals surface area contributed by atoms with E-state index < -0.39 is 0 Å². The lowest BCUT2D eigenvalue weighted by Crippen LogP contribution is -2.63. The molecule has 0 unspecified atom stereocenters. The van der Waals surface area contributed by atoms with Crippen molar-refractivity contribution in [3.05, 3.63) is 35.4 Å². The normalized spacial score (nSPS) is 23.8. The first kappa shape index (κ1) is 13.1. The number of amides is 1. The number of piperazine rings is 2. The summed E-state index contributed by atoms with van der Waals surface area (Å²) in [5.74, 6) is 0.134. The summed E-state index contributed by atoms with van der Waals surface area (Å²) in [6, 6.07) is 9.88. The Morgan fingerprint density at radius 1 is 1.30 bits per heavy atom. The number of nitrogens with one attached hydrogen (secondary N) is 1. The Balaban J connectivity index is 1.70. The highest BCUT2D eigenvalue weighted by atomic mass is 16.2. The third kappa shape index (κ3) is 2.53. The monoisotopic (exact) mass is 270 g/mol. The SMILES string of the molecule is N#Cc1ccccc1CN1CCN2CCNC(=O)[C@H]2C1. The molecule has 2 heterocycles. The molecule has 1 atom stereocenters. The maximum atomic E-state index is 11.9. The zero-order valence-corrected chi connectivity index (χ0v) is 11.4.